The highest BCUT2D eigenvalue weighted by Gasteiger charge is 2.40. The topological polar surface area (TPSA) is 117 Å². The first kappa shape index (κ1) is 19.6. The molecule has 0 spiro atoms. The van der Waals surface area contributed by atoms with Gasteiger partial charge in [0.1, 0.15) is 23.2 Å². The van der Waals surface area contributed by atoms with Gasteiger partial charge in [-0.2, -0.15) is 4.68 Å². The fourth-order valence-corrected chi connectivity index (χ4v) is 3.94. The molecule has 0 amide bonds. The molecule has 2 aromatic heterocycles. The third-order valence-electron chi connectivity index (χ3n) is 4.63. The van der Waals surface area contributed by atoms with Crippen molar-refractivity contribution >= 4 is 29.0 Å². The lowest BCUT2D eigenvalue weighted by Gasteiger charge is -2.28. The number of thiophene rings is 1. The van der Waals surface area contributed by atoms with Gasteiger partial charge in [0.2, 0.25) is 11.7 Å². The van der Waals surface area contributed by atoms with E-state index in [1.165, 1.54) is 30.2 Å². The number of ether oxygens (including phenoxy) is 3. The van der Waals surface area contributed by atoms with E-state index in [9.17, 15) is 9.59 Å². The first-order valence-electron chi connectivity index (χ1n) is 8.76. The minimum absolute atomic E-state index is 0.0268. The number of hydrogen-bond acceptors (Lipinski definition) is 10. The van der Waals surface area contributed by atoms with E-state index in [-0.39, 0.29) is 23.0 Å². The summed E-state index contributed by atoms with van der Waals surface area (Å²) in [6.45, 7) is 0. The number of carbonyl (C=O) groups excluding carboxylic acids is 2. The minimum Gasteiger partial charge on any atom is -0.497 e. The largest absolute Gasteiger partial charge is 0.497 e. The van der Waals surface area contributed by atoms with E-state index in [4.69, 9.17) is 14.2 Å². The summed E-state index contributed by atoms with van der Waals surface area (Å²) in [5.41, 5.74) is 0.697. The van der Waals surface area contributed by atoms with Crippen molar-refractivity contribution in [2.75, 3.05) is 26.6 Å². The van der Waals surface area contributed by atoms with Crippen molar-refractivity contribution < 1.29 is 23.8 Å². The van der Waals surface area contributed by atoms with Crippen LogP contribution in [0.5, 0.6) is 11.5 Å². The molecule has 1 aliphatic rings. The number of fused-ring (bicyclic) bond motifs is 1. The summed E-state index contributed by atoms with van der Waals surface area (Å²) >= 11 is 1.27. The van der Waals surface area contributed by atoms with Gasteiger partial charge in [0.15, 0.2) is 0 Å². The van der Waals surface area contributed by atoms with Crippen molar-refractivity contribution in [1.29, 1.82) is 0 Å². The summed E-state index contributed by atoms with van der Waals surface area (Å²) in [6.07, 6.45) is 0. The Balaban J connectivity index is 1.99. The predicted molar refractivity (Wildman–Crippen MR) is 107 cm³/mol. The second-order valence-corrected chi connectivity index (χ2v) is 7.12. The number of aromatic nitrogens is 4. The van der Waals surface area contributed by atoms with Crippen LogP contribution in [0.1, 0.15) is 21.3 Å². The van der Waals surface area contributed by atoms with E-state index in [2.05, 4.69) is 20.8 Å². The average molecular weight is 427 g/mol. The number of esters is 1. The van der Waals surface area contributed by atoms with Crippen LogP contribution in [0.25, 0.3) is 0 Å². The highest BCUT2D eigenvalue weighted by Crippen LogP contribution is 2.41. The molecule has 30 heavy (non-hydrogen) atoms. The minimum atomic E-state index is -0.833. The van der Waals surface area contributed by atoms with E-state index in [0.29, 0.717) is 21.9 Å². The van der Waals surface area contributed by atoms with Crippen molar-refractivity contribution in [2.45, 2.75) is 6.04 Å². The molecule has 11 heteroatoms. The molecule has 4 rings (SSSR count). The summed E-state index contributed by atoms with van der Waals surface area (Å²) in [5, 5.41) is 16.3. The molecule has 154 valence electrons. The number of methoxy groups -OCH3 is 3. The second kappa shape index (κ2) is 7.95. The second-order valence-electron chi connectivity index (χ2n) is 6.17. The molecule has 1 aromatic carbocycles. The van der Waals surface area contributed by atoms with Crippen LogP contribution in [0, 0.1) is 0 Å². The van der Waals surface area contributed by atoms with Gasteiger partial charge in [0, 0.05) is 11.6 Å². The summed E-state index contributed by atoms with van der Waals surface area (Å²) in [6, 6.07) is 7.78. The van der Waals surface area contributed by atoms with Crippen LogP contribution in [0.15, 0.2) is 47.0 Å². The van der Waals surface area contributed by atoms with Crippen LogP contribution < -0.4 is 14.8 Å². The van der Waals surface area contributed by atoms with Gasteiger partial charge < -0.3 is 19.5 Å². The molecule has 3 heterocycles. The predicted octanol–water partition coefficient (Wildman–Crippen LogP) is 2.08. The number of hydrogen-bond donors (Lipinski definition) is 1. The Morgan fingerprint density at radius 3 is 2.67 bits per heavy atom. The number of carbonyl (C=O) groups is 2. The molecule has 1 aliphatic heterocycles. The number of tetrazole rings is 1. The van der Waals surface area contributed by atoms with Gasteiger partial charge in [0.25, 0.3) is 0 Å². The fraction of sp³-hybridized carbons (Fsp3) is 0.211. The fourth-order valence-electron chi connectivity index (χ4n) is 3.26. The molecule has 0 saturated heterocycles. The number of nitrogens with one attached hydrogen (secondary N) is 1. The molecule has 0 fully saturated rings. The number of ketones is 1. The van der Waals surface area contributed by atoms with Gasteiger partial charge in [-0.25, -0.2) is 4.79 Å². The van der Waals surface area contributed by atoms with E-state index < -0.39 is 12.0 Å². The number of nitrogens with zero attached hydrogens (tertiary/aromatic N) is 4. The molecule has 1 unspecified atom stereocenters. The first-order chi connectivity index (χ1) is 14.6. The Morgan fingerprint density at radius 2 is 2.00 bits per heavy atom. The lowest BCUT2D eigenvalue weighted by molar-refractivity contribution is -0.136. The number of allylic oxidation sites excluding steroid dienone is 1. The molecule has 1 N–H and O–H groups in total. The van der Waals surface area contributed by atoms with Gasteiger partial charge in [-0.3, -0.25) is 4.79 Å². The lowest BCUT2D eigenvalue weighted by atomic mass is 9.91. The zero-order chi connectivity index (χ0) is 21.3. The zero-order valence-corrected chi connectivity index (χ0v) is 17.1. The standard InChI is InChI=1S/C19H17N5O5S/c1-27-10-6-7-11(12(9-10)28-2)16-14(17(25)13-5-4-8-30-13)15(18(26)29-3)20-19-21-22-23-24(16)19/h4-9,16H,1-3H3,(H,20,21,23). The van der Waals surface area contributed by atoms with Crippen LogP contribution in [-0.4, -0.2) is 53.3 Å². The van der Waals surface area contributed by atoms with Crippen molar-refractivity contribution in [3.05, 3.63) is 57.4 Å². The van der Waals surface area contributed by atoms with Crippen LogP contribution >= 0.6 is 11.3 Å². The maximum absolute atomic E-state index is 13.5. The molecule has 0 saturated carbocycles. The molecular formula is C19H17N5O5S. The molecule has 1 atom stereocenters. The van der Waals surface area contributed by atoms with E-state index in [1.54, 1.807) is 42.8 Å². The quantitative estimate of drug-likeness (QED) is 0.466. The molecule has 10 nitrogen and oxygen atoms in total. The van der Waals surface area contributed by atoms with E-state index in [0.717, 1.165) is 0 Å². The highest BCUT2D eigenvalue weighted by atomic mass is 32.1. The van der Waals surface area contributed by atoms with Crippen molar-refractivity contribution in [3.8, 4) is 11.5 Å². The Bertz CT molecular complexity index is 1140. The van der Waals surface area contributed by atoms with Gasteiger partial charge in [-0.1, -0.05) is 11.2 Å². The normalized spacial score (nSPS) is 15.2. The first-order valence-corrected chi connectivity index (χ1v) is 9.64. The smallest absolute Gasteiger partial charge is 0.355 e. The van der Waals surface area contributed by atoms with Crippen LogP contribution in [0.2, 0.25) is 0 Å². The lowest BCUT2D eigenvalue weighted by Crippen LogP contribution is -2.33. The Hall–Kier alpha value is -3.73. The maximum Gasteiger partial charge on any atom is 0.355 e. The summed E-state index contributed by atoms with van der Waals surface area (Å²) in [5.74, 6) is 0.165. The van der Waals surface area contributed by atoms with Crippen molar-refractivity contribution in [1.82, 2.24) is 20.2 Å². The number of benzene rings is 1. The monoisotopic (exact) mass is 427 g/mol. The van der Waals surface area contributed by atoms with Crippen molar-refractivity contribution in [3.63, 3.8) is 0 Å². The third kappa shape index (κ3) is 3.18. The summed E-state index contributed by atoms with van der Waals surface area (Å²) in [7, 11) is 4.29. The Kier molecular flexibility index (Phi) is 5.19. The SMILES string of the molecule is COC(=O)C1=C(C(=O)c2cccs2)C(c2ccc(OC)cc2OC)n2nnnc2N1. The number of anilines is 1. The van der Waals surface area contributed by atoms with Gasteiger partial charge in [-0.05, 0) is 34.0 Å². The summed E-state index contributed by atoms with van der Waals surface area (Å²) < 4.78 is 17.2. The van der Waals surface area contributed by atoms with Gasteiger partial charge in [-0.15, -0.1) is 11.3 Å². The van der Waals surface area contributed by atoms with Gasteiger partial charge in [0.05, 0.1) is 31.8 Å². The van der Waals surface area contributed by atoms with Gasteiger partial charge >= 0.3 is 5.97 Å². The number of Topliss-reactive ketones (excluding diaryl/α,β-unsaturated/α-hetero) is 1. The number of rotatable bonds is 6. The van der Waals surface area contributed by atoms with E-state index >= 15 is 0 Å². The molecule has 0 radical (unpaired) electrons. The average Bonchev–Trinajstić information content (AvgIpc) is 3.48. The Labute approximate surface area is 175 Å². The zero-order valence-electron chi connectivity index (χ0n) is 16.3. The molecule has 3 aromatic rings. The van der Waals surface area contributed by atoms with Crippen LogP contribution in [0.4, 0.5) is 5.95 Å². The van der Waals surface area contributed by atoms with Crippen LogP contribution in [0.3, 0.4) is 0 Å². The maximum atomic E-state index is 13.5. The molecule has 0 aliphatic carbocycles. The molecular weight excluding hydrogens is 410 g/mol. The summed E-state index contributed by atoms with van der Waals surface area (Å²) in [4.78, 5) is 26.5. The highest BCUT2D eigenvalue weighted by molar-refractivity contribution is 7.12. The third-order valence-corrected chi connectivity index (χ3v) is 5.50. The van der Waals surface area contributed by atoms with E-state index in [1.807, 2.05) is 0 Å². The molecule has 0 bridgehead atoms. The Morgan fingerprint density at radius 1 is 1.17 bits per heavy atom. The van der Waals surface area contributed by atoms with Crippen LogP contribution in [-0.2, 0) is 9.53 Å². The van der Waals surface area contributed by atoms with Crippen molar-refractivity contribution in [2.24, 2.45) is 0 Å².